The van der Waals surface area contributed by atoms with Crippen LogP contribution in [-0.4, -0.2) is 47.3 Å². The highest BCUT2D eigenvalue weighted by Gasteiger charge is 2.38. The van der Waals surface area contributed by atoms with Gasteiger partial charge in [-0.15, -0.1) is 0 Å². The molecule has 154 valence electrons. The minimum atomic E-state index is -0.557. The molecular weight excluding hydrogens is 387 g/mol. The first-order valence-corrected chi connectivity index (χ1v) is 9.74. The summed E-state index contributed by atoms with van der Waals surface area (Å²) in [5.41, 5.74) is 1.71. The minimum Gasteiger partial charge on any atom is -0.445 e. The van der Waals surface area contributed by atoms with Crippen molar-refractivity contribution in [2.24, 2.45) is 5.92 Å². The summed E-state index contributed by atoms with van der Waals surface area (Å²) in [6.07, 6.45) is -0.557. The third-order valence-corrected chi connectivity index (χ3v) is 5.34. The van der Waals surface area contributed by atoms with Gasteiger partial charge in [0, 0.05) is 24.6 Å². The van der Waals surface area contributed by atoms with Crippen molar-refractivity contribution < 1.29 is 23.5 Å². The highest BCUT2D eigenvalue weighted by molar-refractivity contribution is 6.21. The van der Waals surface area contributed by atoms with E-state index >= 15 is 0 Å². The lowest BCUT2D eigenvalue weighted by Gasteiger charge is -2.32. The van der Waals surface area contributed by atoms with Gasteiger partial charge in [0.15, 0.2) is 0 Å². The Balaban J connectivity index is 1.46. The number of benzene rings is 2. The van der Waals surface area contributed by atoms with E-state index in [9.17, 15) is 18.8 Å². The topological polar surface area (TPSA) is 66.9 Å². The number of fused-ring (bicyclic) bond motifs is 1. The van der Waals surface area contributed by atoms with Crippen LogP contribution in [0.2, 0.25) is 0 Å². The Morgan fingerprint density at radius 2 is 1.63 bits per heavy atom. The summed E-state index contributed by atoms with van der Waals surface area (Å²) in [5, 5.41) is 0. The predicted molar refractivity (Wildman–Crippen MR) is 107 cm³/mol. The van der Waals surface area contributed by atoms with Gasteiger partial charge in [0.2, 0.25) is 0 Å². The second-order valence-corrected chi connectivity index (χ2v) is 7.52. The van der Waals surface area contributed by atoms with Crippen molar-refractivity contribution in [2.75, 3.05) is 19.6 Å². The van der Waals surface area contributed by atoms with Crippen LogP contribution in [0.4, 0.5) is 9.18 Å². The van der Waals surface area contributed by atoms with Crippen molar-refractivity contribution in [1.29, 1.82) is 0 Å². The van der Waals surface area contributed by atoms with Crippen molar-refractivity contribution in [2.45, 2.75) is 13.5 Å². The van der Waals surface area contributed by atoms with Crippen LogP contribution < -0.4 is 0 Å². The molecule has 1 atom stereocenters. The lowest BCUT2D eigenvalue weighted by molar-refractivity contribution is 0.0658. The van der Waals surface area contributed by atoms with Crippen LogP contribution in [0.15, 0.2) is 66.0 Å². The fourth-order valence-corrected chi connectivity index (χ4v) is 3.78. The molecule has 2 heterocycles. The summed E-state index contributed by atoms with van der Waals surface area (Å²) in [7, 11) is 0. The van der Waals surface area contributed by atoms with Crippen LogP contribution in [0.3, 0.4) is 0 Å². The van der Waals surface area contributed by atoms with Gasteiger partial charge in [0.05, 0.1) is 17.7 Å². The number of carbonyl (C=O) groups excluding carboxylic acids is 3. The van der Waals surface area contributed by atoms with E-state index in [-0.39, 0.29) is 31.8 Å². The molecule has 0 aromatic heterocycles. The van der Waals surface area contributed by atoms with E-state index in [1.807, 2.05) is 30.3 Å². The van der Waals surface area contributed by atoms with Gasteiger partial charge in [-0.3, -0.25) is 14.5 Å². The molecule has 30 heavy (non-hydrogen) atoms. The second-order valence-electron chi connectivity index (χ2n) is 7.52. The van der Waals surface area contributed by atoms with Gasteiger partial charge in [-0.2, -0.15) is 0 Å². The normalized spacial score (nSPS) is 18.7. The Bertz CT molecular complexity index is 1000. The predicted octanol–water partition coefficient (Wildman–Crippen LogP) is 3.79. The molecule has 0 N–H and O–H groups in total. The average molecular weight is 408 g/mol. The van der Waals surface area contributed by atoms with E-state index in [1.165, 1.54) is 4.90 Å². The Morgan fingerprint density at radius 3 is 2.27 bits per heavy atom. The first-order valence-electron chi connectivity index (χ1n) is 9.74. The van der Waals surface area contributed by atoms with Crippen LogP contribution in [0.25, 0.3) is 0 Å². The van der Waals surface area contributed by atoms with Crippen LogP contribution in [0.1, 0.15) is 33.2 Å². The summed E-state index contributed by atoms with van der Waals surface area (Å²) >= 11 is 0. The van der Waals surface area contributed by atoms with Crippen molar-refractivity contribution in [1.82, 2.24) is 9.80 Å². The van der Waals surface area contributed by atoms with Crippen LogP contribution in [-0.2, 0) is 11.3 Å². The number of nitrogens with zero attached hydrogens (tertiary/aromatic N) is 2. The van der Waals surface area contributed by atoms with Crippen molar-refractivity contribution in [3.8, 4) is 0 Å². The van der Waals surface area contributed by atoms with Crippen LogP contribution in [0, 0.1) is 5.92 Å². The number of ether oxygens (including phenoxy) is 1. The minimum absolute atomic E-state index is 0.0306. The molecule has 0 aliphatic carbocycles. The molecule has 2 aliphatic rings. The number of hydrogen-bond acceptors (Lipinski definition) is 4. The summed E-state index contributed by atoms with van der Waals surface area (Å²) < 4.78 is 20.2. The third kappa shape index (κ3) is 3.70. The number of halogens is 1. The maximum Gasteiger partial charge on any atom is 0.410 e. The number of carbonyl (C=O) groups is 3. The molecule has 2 aromatic rings. The van der Waals surface area contributed by atoms with E-state index in [1.54, 1.807) is 31.2 Å². The molecule has 0 bridgehead atoms. The fraction of sp³-hybridized carbons (Fsp3) is 0.261. The standard InChI is InChI=1S/C23H21FN2O4/c1-15-11-25(23(29)30-14-16-7-3-2-4-8-16)12-17(20(15)24)13-26-21(27)18-9-5-6-10-19(18)22(26)28/h2-10,15H,11-14H2,1H3. The molecular formula is C23H21FN2O4. The van der Waals surface area contributed by atoms with Gasteiger partial charge < -0.3 is 9.64 Å². The molecule has 3 amide bonds. The Morgan fingerprint density at radius 1 is 1.03 bits per heavy atom. The molecule has 7 heteroatoms. The molecule has 2 aromatic carbocycles. The Kier molecular flexibility index (Phi) is 5.35. The Hall–Kier alpha value is -3.48. The van der Waals surface area contributed by atoms with Crippen molar-refractivity contribution in [3.63, 3.8) is 0 Å². The quantitative estimate of drug-likeness (QED) is 0.722. The maximum atomic E-state index is 14.8. The first-order chi connectivity index (χ1) is 14.5. The molecule has 0 saturated carbocycles. The van der Waals surface area contributed by atoms with E-state index in [0.717, 1.165) is 10.5 Å². The average Bonchev–Trinajstić information content (AvgIpc) is 3.00. The molecule has 1 unspecified atom stereocenters. The monoisotopic (exact) mass is 408 g/mol. The molecule has 6 nitrogen and oxygen atoms in total. The van der Waals surface area contributed by atoms with E-state index in [0.29, 0.717) is 11.1 Å². The lowest BCUT2D eigenvalue weighted by atomic mass is 9.99. The van der Waals surface area contributed by atoms with Gasteiger partial charge >= 0.3 is 6.09 Å². The SMILES string of the molecule is CC1CN(C(=O)OCc2ccccc2)CC(CN2C(=O)c3ccccc3C2=O)=C1F. The zero-order chi connectivity index (χ0) is 21.3. The zero-order valence-corrected chi connectivity index (χ0v) is 16.5. The summed E-state index contributed by atoms with van der Waals surface area (Å²) in [6.45, 7) is 1.73. The molecule has 0 radical (unpaired) electrons. The summed E-state index contributed by atoms with van der Waals surface area (Å²) in [4.78, 5) is 40.2. The molecule has 2 aliphatic heterocycles. The van der Waals surface area contributed by atoms with Gasteiger partial charge in [0.25, 0.3) is 11.8 Å². The number of rotatable bonds is 4. The lowest BCUT2D eigenvalue weighted by Crippen LogP contribution is -2.43. The van der Waals surface area contributed by atoms with E-state index in [4.69, 9.17) is 4.74 Å². The Labute approximate surface area is 173 Å². The smallest absolute Gasteiger partial charge is 0.410 e. The highest BCUT2D eigenvalue weighted by atomic mass is 19.1. The molecule has 0 saturated heterocycles. The summed E-state index contributed by atoms with van der Waals surface area (Å²) in [5.74, 6) is -1.84. The van der Waals surface area contributed by atoms with Crippen LogP contribution >= 0.6 is 0 Å². The maximum absolute atomic E-state index is 14.8. The van der Waals surface area contributed by atoms with Crippen molar-refractivity contribution >= 4 is 17.9 Å². The highest BCUT2D eigenvalue weighted by Crippen LogP contribution is 2.29. The number of imide groups is 1. The van der Waals surface area contributed by atoms with Crippen molar-refractivity contribution in [3.05, 3.63) is 82.7 Å². The fourth-order valence-electron chi connectivity index (χ4n) is 3.78. The van der Waals surface area contributed by atoms with Crippen LogP contribution in [0.5, 0.6) is 0 Å². The number of amides is 3. The molecule has 0 spiro atoms. The largest absolute Gasteiger partial charge is 0.445 e. The van der Waals surface area contributed by atoms with E-state index in [2.05, 4.69) is 0 Å². The molecule has 4 rings (SSSR count). The van der Waals surface area contributed by atoms with Gasteiger partial charge in [-0.05, 0) is 17.7 Å². The van der Waals surface area contributed by atoms with Gasteiger partial charge in [-0.25, -0.2) is 9.18 Å². The first kappa shape index (κ1) is 19.8. The van der Waals surface area contributed by atoms with Gasteiger partial charge in [0.1, 0.15) is 12.4 Å². The van der Waals surface area contributed by atoms with Gasteiger partial charge in [-0.1, -0.05) is 49.4 Å². The second kappa shape index (κ2) is 8.10. The zero-order valence-electron chi connectivity index (χ0n) is 16.5. The number of hydrogen-bond donors (Lipinski definition) is 0. The van der Waals surface area contributed by atoms with E-state index < -0.39 is 29.7 Å². The molecule has 0 fully saturated rings. The summed E-state index contributed by atoms with van der Waals surface area (Å²) in [6, 6.07) is 15.8. The third-order valence-electron chi connectivity index (χ3n) is 5.34.